The SMILES string of the molecule is c1csc(-c2ccc3cc(-c4cccs4)ccc3c2)c1. The summed E-state index contributed by atoms with van der Waals surface area (Å²) >= 11 is 3.57. The fraction of sp³-hybridized carbons (Fsp3) is 0. The predicted molar refractivity (Wildman–Crippen MR) is 90.6 cm³/mol. The minimum atomic E-state index is 1.30. The zero-order valence-corrected chi connectivity index (χ0v) is 12.4. The molecule has 4 aromatic rings. The highest BCUT2D eigenvalue weighted by Gasteiger charge is 2.03. The highest BCUT2D eigenvalue weighted by molar-refractivity contribution is 7.13. The van der Waals surface area contributed by atoms with Crippen LogP contribution in [0.4, 0.5) is 0 Å². The molecule has 20 heavy (non-hydrogen) atoms. The molecule has 0 atom stereocenters. The van der Waals surface area contributed by atoms with Gasteiger partial charge in [0.1, 0.15) is 0 Å². The molecule has 0 N–H and O–H groups in total. The maximum absolute atomic E-state index is 2.28. The fourth-order valence-electron chi connectivity index (χ4n) is 2.44. The Kier molecular flexibility index (Phi) is 2.91. The van der Waals surface area contributed by atoms with Crippen molar-refractivity contribution in [3.8, 4) is 20.9 Å². The molecule has 2 heteroatoms. The first-order valence-electron chi connectivity index (χ1n) is 6.52. The van der Waals surface area contributed by atoms with Gasteiger partial charge in [-0.3, -0.25) is 0 Å². The van der Waals surface area contributed by atoms with E-state index in [4.69, 9.17) is 0 Å². The van der Waals surface area contributed by atoms with E-state index in [9.17, 15) is 0 Å². The lowest BCUT2D eigenvalue weighted by Gasteiger charge is -2.04. The average Bonchev–Trinajstić information content (AvgIpc) is 3.19. The van der Waals surface area contributed by atoms with Gasteiger partial charge in [-0.15, -0.1) is 22.7 Å². The third kappa shape index (κ3) is 2.07. The van der Waals surface area contributed by atoms with Gasteiger partial charge in [-0.05, 0) is 56.9 Å². The molecule has 0 unspecified atom stereocenters. The average molecular weight is 292 g/mol. The summed E-state index contributed by atoms with van der Waals surface area (Å²) in [4.78, 5) is 2.66. The molecule has 0 radical (unpaired) electrons. The van der Waals surface area contributed by atoms with Crippen LogP contribution in [-0.4, -0.2) is 0 Å². The standard InChI is InChI=1S/C18H12S2/c1-3-17(19-9-1)15-7-5-14-12-16(8-6-13(14)11-15)18-4-2-10-20-18/h1-12H. The Bertz CT molecular complexity index is 767. The van der Waals surface area contributed by atoms with E-state index in [2.05, 4.69) is 71.4 Å². The summed E-state index contributed by atoms with van der Waals surface area (Å²) in [7, 11) is 0. The van der Waals surface area contributed by atoms with E-state index in [0.717, 1.165) is 0 Å². The first-order valence-corrected chi connectivity index (χ1v) is 8.28. The predicted octanol–water partition coefficient (Wildman–Crippen LogP) is 6.30. The number of hydrogen-bond donors (Lipinski definition) is 0. The van der Waals surface area contributed by atoms with Gasteiger partial charge in [-0.25, -0.2) is 0 Å². The molecule has 96 valence electrons. The zero-order valence-electron chi connectivity index (χ0n) is 10.7. The molecule has 0 bridgehead atoms. The molecule has 0 amide bonds. The van der Waals surface area contributed by atoms with Crippen LogP contribution in [-0.2, 0) is 0 Å². The van der Waals surface area contributed by atoms with Crippen molar-refractivity contribution in [3.05, 3.63) is 71.4 Å². The van der Waals surface area contributed by atoms with Gasteiger partial charge >= 0.3 is 0 Å². The molecule has 0 saturated carbocycles. The van der Waals surface area contributed by atoms with E-state index in [-0.39, 0.29) is 0 Å². The van der Waals surface area contributed by atoms with E-state index < -0.39 is 0 Å². The van der Waals surface area contributed by atoms with E-state index in [0.29, 0.717) is 0 Å². The van der Waals surface area contributed by atoms with Crippen LogP contribution in [0.25, 0.3) is 31.7 Å². The summed E-state index contributed by atoms with van der Waals surface area (Å²) in [6.07, 6.45) is 0. The van der Waals surface area contributed by atoms with Gasteiger partial charge in [0, 0.05) is 9.75 Å². The molecule has 0 nitrogen and oxygen atoms in total. The van der Waals surface area contributed by atoms with Crippen LogP contribution in [0.2, 0.25) is 0 Å². The summed E-state index contributed by atoms with van der Waals surface area (Å²) in [5.74, 6) is 0. The van der Waals surface area contributed by atoms with Gasteiger partial charge < -0.3 is 0 Å². The normalized spacial score (nSPS) is 11.0. The number of benzene rings is 2. The number of rotatable bonds is 2. The Balaban J connectivity index is 1.83. The summed E-state index contributed by atoms with van der Waals surface area (Å²) in [5.41, 5.74) is 2.60. The van der Waals surface area contributed by atoms with Crippen molar-refractivity contribution in [2.24, 2.45) is 0 Å². The van der Waals surface area contributed by atoms with Crippen LogP contribution < -0.4 is 0 Å². The number of hydrogen-bond acceptors (Lipinski definition) is 2. The Labute approximate surface area is 126 Å². The van der Waals surface area contributed by atoms with Crippen LogP contribution in [0.1, 0.15) is 0 Å². The largest absolute Gasteiger partial charge is 0.144 e. The van der Waals surface area contributed by atoms with Crippen molar-refractivity contribution in [3.63, 3.8) is 0 Å². The maximum Gasteiger partial charge on any atom is 0.0342 e. The van der Waals surface area contributed by atoms with E-state index in [1.165, 1.54) is 31.7 Å². The highest BCUT2D eigenvalue weighted by atomic mass is 32.1. The van der Waals surface area contributed by atoms with Gasteiger partial charge in [-0.2, -0.15) is 0 Å². The van der Waals surface area contributed by atoms with Crippen LogP contribution in [0.3, 0.4) is 0 Å². The molecule has 2 aromatic carbocycles. The van der Waals surface area contributed by atoms with Crippen molar-refractivity contribution in [1.29, 1.82) is 0 Å². The van der Waals surface area contributed by atoms with Crippen molar-refractivity contribution >= 4 is 33.4 Å². The first kappa shape index (κ1) is 11.9. The lowest BCUT2D eigenvalue weighted by atomic mass is 10.0. The number of thiophene rings is 2. The van der Waals surface area contributed by atoms with Gasteiger partial charge in [0.05, 0.1) is 0 Å². The molecule has 0 aliphatic rings. The fourth-order valence-corrected chi connectivity index (χ4v) is 3.89. The maximum atomic E-state index is 2.28. The zero-order chi connectivity index (χ0) is 13.4. The highest BCUT2D eigenvalue weighted by Crippen LogP contribution is 2.31. The van der Waals surface area contributed by atoms with E-state index in [1.807, 2.05) is 0 Å². The molecule has 0 fully saturated rings. The molecule has 0 saturated heterocycles. The topological polar surface area (TPSA) is 0 Å². The summed E-state index contributed by atoms with van der Waals surface area (Å²) in [5, 5.41) is 6.85. The Morgan fingerprint density at radius 3 is 1.45 bits per heavy atom. The second-order valence-electron chi connectivity index (χ2n) is 4.73. The third-order valence-electron chi connectivity index (χ3n) is 3.45. The molecule has 0 aliphatic heterocycles. The summed E-state index contributed by atoms with van der Waals surface area (Å²) in [6, 6.07) is 22.0. The second-order valence-corrected chi connectivity index (χ2v) is 6.63. The van der Waals surface area contributed by atoms with Gasteiger partial charge in [0.15, 0.2) is 0 Å². The van der Waals surface area contributed by atoms with E-state index >= 15 is 0 Å². The van der Waals surface area contributed by atoms with Crippen LogP contribution in [0, 0.1) is 0 Å². The van der Waals surface area contributed by atoms with Crippen LogP contribution in [0.5, 0.6) is 0 Å². The summed E-state index contributed by atoms with van der Waals surface area (Å²) < 4.78 is 0. The first-order chi connectivity index (χ1) is 9.90. The Morgan fingerprint density at radius 2 is 1.05 bits per heavy atom. The molecule has 0 spiro atoms. The lowest BCUT2D eigenvalue weighted by molar-refractivity contribution is 1.72. The van der Waals surface area contributed by atoms with Gasteiger partial charge in [-0.1, -0.05) is 36.4 Å². The van der Waals surface area contributed by atoms with Crippen LogP contribution >= 0.6 is 22.7 Å². The van der Waals surface area contributed by atoms with Gasteiger partial charge in [0.2, 0.25) is 0 Å². The van der Waals surface area contributed by atoms with Crippen molar-refractivity contribution in [1.82, 2.24) is 0 Å². The number of fused-ring (bicyclic) bond motifs is 1. The molecular formula is C18H12S2. The minimum Gasteiger partial charge on any atom is -0.144 e. The molecule has 2 heterocycles. The Morgan fingerprint density at radius 1 is 0.550 bits per heavy atom. The van der Waals surface area contributed by atoms with Crippen LogP contribution in [0.15, 0.2) is 71.4 Å². The van der Waals surface area contributed by atoms with E-state index in [1.54, 1.807) is 22.7 Å². The minimum absolute atomic E-state index is 1.30. The molecular weight excluding hydrogens is 280 g/mol. The molecule has 4 rings (SSSR count). The molecule has 0 aliphatic carbocycles. The smallest absolute Gasteiger partial charge is 0.0342 e. The summed E-state index contributed by atoms with van der Waals surface area (Å²) in [6.45, 7) is 0. The van der Waals surface area contributed by atoms with Crippen molar-refractivity contribution in [2.75, 3.05) is 0 Å². The third-order valence-corrected chi connectivity index (χ3v) is 5.29. The van der Waals surface area contributed by atoms with Crippen molar-refractivity contribution in [2.45, 2.75) is 0 Å². The quantitative estimate of drug-likeness (QED) is 0.407. The monoisotopic (exact) mass is 292 g/mol. The van der Waals surface area contributed by atoms with Crippen molar-refractivity contribution < 1.29 is 0 Å². The second kappa shape index (κ2) is 4.89. The lowest BCUT2D eigenvalue weighted by Crippen LogP contribution is -1.78. The van der Waals surface area contributed by atoms with Gasteiger partial charge in [0.25, 0.3) is 0 Å². The Hall–Kier alpha value is -1.90. The molecule has 2 aromatic heterocycles.